The normalized spacial score (nSPS) is 9.62. The van der Waals surface area contributed by atoms with Crippen molar-refractivity contribution in [3.63, 3.8) is 0 Å². The van der Waals surface area contributed by atoms with Gasteiger partial charge in [-0.3, -0.25) is 10.1 Å². The van der Waals surface area contributed by atoms with E-state index in [0.717, 1.165) is 5.56 Å². The van der Waals surface area contributed by atoms with Crippen LogP contribution in [-0.4, -0.2) is 17.5 Å². The van der Waals surface area contributed by atoms with Crippen molar-refractivity contribution in [2.75, 3.05) is 11.9 Å². The maximum Gasteiger partial charge on any atom is 0.319 e. The molecule has 0 radical (unpaired) electrons. The lowest BCUT2D eigenvalue weighted by atomic mass is 10.2. The Hall–Kier alpha value is -2.11. The lowest BCUT2D eigenvalue weighted by molar-refractivity contribution is -0.384. The molecular formula is C10H13N3O3. The predicted octanol–water partition coefficient (Wildman–Crippen LogP) is 2.04. The van der Waals surface area contributed by atoms with Gasteiger partial charge < -0.3 is 10.6 Å². The largest absolute Gasteiger partial charge is 0.338 e. The molecule has 0 bridgehead atoms. The zero-order valence-corrected chi connectivity index (χ0v) is 9.11. The molecule has 0 atom stereocenters. The number of rotatable bonds is 3. The molecule has 1 aromatic rings. The molecule has 2 amide bonds. The van der Waals surface area contributed by atoms with Crippen molar-refractivity contribution in [2.24, 2.45) is 0 Å². The van der Waals surface area contributed by atoms with Crippen molar-refractivity contribution in [2.45, 2.75) is 13.8 Å². The SMILES string of the molecule is CCNC(=O)Nc1ccc(C)cc1[N+](=O)[O-]. The first-order valence-corrected chi connectivity index (χ1v) is 4.84. The minimum Gasteiger partial charge on any atom is -0.338 e. The highest BCUT2D eigenvalue weighted by Gasteiger charge is 2.15. The summed E-state index contributed by atoms with van der Waals surface area (Å²) in [5.41, 5.74) is 0.862. The van der Waals surface area contributed by atoms with Crippen LogP contribution in [0.1, 0.15) is 12.5 Å². The second-order valence-corrected chi connectivity index (χ2v) is 3.26. The van der Waals surface area contributed by atoms with Gasteiger partial charge in [0.2, 0.25) is 0 Å². The van der Waals surface area contributed by atoms with Crippen LogP contribution in [0, 0.1) is 17.0 Å². The predicted molar refractivity (Wildman–Crippen MR) is 60.5 cm³/mol. The van der Waals surface area contributed by atoms with E-state index in [1.807, 2.05) is 0 Å². The molecule has 0 spiro atoms. The second kappa shape index (κ2) is 5.11. The minimum absolute atomic E-state index is 0.105. The van der Waals surface area contributed by atoms with Crippen LogP contribution in [-0.2, 0) is 0 Å². The van der Waals surface area contributed by atoms with Gasteiger partial charge in [0, 0.05) is 12.6 Å². The van der Waals surface area contributed by atoms with Gasteiger partial charge in [-0.15, -0.1) is 0 Å². The Bertz CT molecular complexity index is 418. The molecule has 1 rings (SSSR count). The maximum absolute atomic E-state index is 11.2. The first-order valence-electron chi connectivity index (χ1n) is 4.84. The van der Waals surface area contributed by atoms with Gasteiger partial charge in [0.1, 0.15) is 5.69 Å². The van der Waals surface area contributed by atoms with E-state index in [2.05, 4.69) is 10.6 Å². The van der Waals surface area contributed by atoms with E-state index in [-0.39, 0.29) is 11.4 Å². The number of carbonyl (C=O) groups excluding carboxylic acids is 1. The highest BCUT2D eigenvalue weighted by molar-refractivity contribution is 5.91. The molecular weight excluding hydrogens is 210 g/mol. The number of amides is 2. The number of benzene rings is 1. The number of carbonyl (C=O) groups is 1. The van der Waals surface area contributed by atoms with Crippen LogP contribution in [0.2, 0.25) is 0 Å². The van der Waals surface area contributed by atoms with Gasteiger partial charge in [-0.1, -0.05) is 6.07 Å². The Kier molecular flexibility index (Phi) is 3.82. The third-order valence-corrected chi connectivity index (χ3v) is 1.94. The maximum atomic E-state index is 11.2. The van der Waals surface area contributed by atoms with E-state index in [4.69, 9.17) is 0 Å². The van der Waals surface area contributed by atoms with Crippen molar-refractivity contribution >= 4 is 17.4 Å². The number of nitrogens with one attached hydrogen (secondary N) is 2. The first kappa shape index (κ1) is 12.0. The summed E-state index contributed by atoms with van der Waals surface area (Å²) >= 11 is 0. The smallest absolute Gasteiger partial charge is 0.319 e. The molecule has 2 N–H and O–H groups in total. The average Bonchev–Trinajstić information content (AvgIpc) is 2.20. The van der Waals surface area contributed by atoms with E-state index in [0.29, 0.717) is 6.54 Å². The van der Waals surface area contributed by atoms with Gasteiger partial charge in [-0.2, -0.15) is 0 Å². The van der Waals surface area contributed by atoms with Crippen molar-refractivity contribution in [3.05, 3.63) is 33.9 Å². The lowest BCUT2D eigenvalue weighted by Gasteiger charge is -2.06. The van der Waals surface area contributed by atoms with Crippen LogP contribution >= 0.6 is 0 Å². The second-order valence-electron chi connectivity index (χ2n) is 3.26. The summed E-state index contributed by atoms with van der Waals surface area (Å²) in [5.74, 6) is 0. The molecule has 0 heterocycles. The average molecular weight is 223 g/mol. The van der Waals surface area contributed by atoms with Gasteiger partial charge in [0.05, 0.1) is 4.92 Å². The Morgan fingerprint density at radius 2 is 2.19 bits per heavy atom. The van der Waals surface area contributed by atoms with Crippen molar-refractivity contribution < 1.29 is 9.72 Å². The zero-order chi connectivity index (χ0) is 12.1. The molecule has 0 aliphatic carbocycles. The van der Waals surface area contributed by atoms with Gasteiger partial charge in [0.25, 0.3) is 5.69 Å². The van der Waals surface area contributed by atoms with E-state index < -0.39 is 11.0 Å². The molecule has 0 aliphatic heterocycles. The van der Waals surface area contributed by atoms with Crippen molar-refractivity contribution in [1.82, 2.24) is 5.32 Å². The number of aryl methyl sites for hydroxylation is 1. The first-order chi connectivity index (χ1) is 7.54. The molecule has 6 nitrogen and oxygen atoms in total. The quantitative estimate of drug-likeness (QED) is 0.607. The van der Waals surface area contributed by atoms with Gasteiger partial charge in [-0.25, -0.2) is 4.79 Å². The Balaban J connectivity index is 2.95. The lowest BCUT2D eigenvalue weighted by Crippen LogP contribution is -2.28. The summed E-state index contributed by atoms with van der Waals surface area (Å²) in [6.07, 6.45) is 0. The van der Waals surface area contributed by atoms with Crippen LogP contribution in [0.5, 0.6) is 0 Å². The van der Waals surface area contributed by atoms with E-state index in [9.17, 15) is 14.9 Å². The minimum atomic E-state index is -0.519. The molecule has 0 fully saturated rings. The molecule has 6 heteroatoms. The summed E-state index contributed by atoms with van der Waals surface area (Å²) in [6.45, 7) is 3.98. The van der Waals surface area contributed by atoms with Crippen LogP contribution in [0.25, 0.3) is 0 Å². The van der Waals surface area contributed by atoms with Crippen LogP contribution in [0.3, 0.4) is 0 Å². The van der Waals surface area contributed by atoms with Crippen LogP contribution in [0.15, 0.2) is 18.2 Å². The highest BCUT2D eigenvalue weighted by Crippen LogP contribution is 2.24. The monoisotopic (exact) mass is 223 g/mol. The molecule has 1 aromatic carbocycles. The number of anilines is 1. The van der Waals surface area contributed by atoms with Crippen LogP contribution < -0.4 is 10.6 Å². The molecule has 0 aliphatic rings. The zero-order valence-electron chi connectivity index (χ0n) is 9.11. The van der Waals surface area contributed by atoms with Crippen molar-refractivity contribution in [1.29, 1.82) is 0 Å². The third kappa shape index (κ3) is 2.94. The number of hydrogen-bond acceptors (Lipinski definition) is 3. The topological polar surface area (TPSA) is 84.3 Å². The summed E-state index contributed by atoms with van der Waals surface area (Å²) in [6, 6.07) is 4.19. The Morgan fingerprint density at radius 3 is 2.75 bits per heavy atom. The molecule has 86 valence electrons. The molecule has 0 saturated carbocycles. The summed E-state index contributed by atoms with van der Waals surface area (Å²) < 4.78 is 0. The van der Waals surface area contributed by atoms with E-state index in [1.54, 1.807) is 19.9 Å². The Labute approximate surface area is 92.8 Å². The fourth-order valence-electron chi connectivity index (χ4n) is 1.23. The Morgan fingerprint density at radius 1 is 1.50 bits per heavy atom. The van der Waals surface area contributed by atoms with Gasteiger partial charge in [0.15, 0.2) is 0 Å². The number of urea groups is 1. The fraction of sp³-hybridized carbons (Fsp3) is 0.300. The number of nitro groups is 1. The molecule has 0 aromatic heterocycles. The fourth-order valence-corrected chi connectivity index (χ4v) is 1.23. The summed E-state index contributed by atoms with van der Waals surface area (Å²) in [5, 5.41) is 15.7. The summed E-state index contributed by atoms with van der Waals surface area (Å²) in [7, 11) is 0. The van der Waals surface area contributed by atoms with Crippen LogP contribution in [0.4, 0.5) is 16.2 Å². The molecule has 0 saturated heterocycles. The van der Waals surface area contributed by atoms with Gasteiger partial charge >= 0.3 is 6.03 Å². The van der Waals surface area contributed by atoms with E-state index >= 15 is 0 Å². The summed E-state index contributed by atoms with van der Waals surface area (Å²) in [4.78, 5) is 21.5. The molecule has 16 heavy (non-hydrogen) atoms. The van der Waals surface area contributed by atoms with Crippen molar-refractivity contribution in [3.8, 4) is 0 Å². The highest BCUT2D eigenvalue weighted by atomic mass is 16.6. The van der Waals surface area contributed by atoms with Gasteiger partial charge in [-0.05, 0) is 25.5 Å². The number of hydrogen-bond donors (Lipinski definition) is 2. The van der Waals surface area contributed by atoms with E-state index in [1.165, 1.54) is 12.1 Å². The standard InChI is InChI=1S/C10H13N3O3/c1-3-11-10(14)12-8-5-4-7(2)6-9(8)13(15)16/h4-6H,3H2,1-2H3,(H2,11,12,14). The number of nitrogens with zero attached hydrogens (tertiary/aromatic N) is 1. The molecule has 0 unspecified atom stereocenters. The third-order valence-electron chi connectivity index (χ3n) is 1.94. The number of nitro benzene ring substituents is 1.